The Labute approximate surface area is 319 Å². The van der Waals surface area contributed by atoms with Crippen molar-refractivity contribution in [1.82, 2.24) is 9.97 Å². The predicted molar refractivity (Wildman–Crippen MR) is 209 cm³/mol. The van der Waals surface area contributed by atoms with Crippen LogP contribution in [-0.4, -0.2) is 20.9 Å². The van der Waals surface area contributed by atoms with E-state index in [-0.39, 0.29) is 47.9 Å². The Balaban J connectivity index is 0.000000335. The number of furan rings is 1. The molecule has 0 saturated heterocycles. The minimum atomic E-state index is -0.337. The van der Waals surface area contributed by atoms with Crippen molar-refractivity contribution in [3.05, 3.63) is 96.2 Å². The number of hydrogen-bond donors (Lipinski definition) is 1. The summed E-state index contributed by atoms with van der Waals surface area (Å²) in [5.74, 6) is 1.82. The number of aromatic nitrogens is 2. The number of fused-ring (bicyclic) bond motifs is 2. The monoisotopic (exact) mass is 866 g/mol. The second-order valence-electron chi connectivity index (χ2n) is 15.7. The van der Waals surface area contributed by atoms with Crippen molar-refractivity contribution in [3.63, 3.8) is 0 Å². The first-order chi connectivity index (χ1) is 23.6. The van der Waals surface area contributed by atoms with Gasteiger partial charge < -0.3 is 9.52 Å². The van der Waals surface area contributed by atoms with Crippen molar-refractivity contribution in [2.24, 2.45) is 16.7 Å². The third kappa shape index (κ3) is 9.84. The third-order valence-corrected chi connectivity index (χ3v) is 10.6. The molecule has 0 unspecified atom stereocenters. The SMILES string of the molecule is CC(C)Cc1cc2cc(-c3ccnc(-c4[c-]c5ccccc5c(C(C)(C)C)c4)c3)cnc2o1.CCC(C)(CC)C(=O)/C=C(\O)C(C)(CC)CC.[Ir]. The summed E-state index contributed by atoms with van der Waals surface area (Å²) >= 11 is 0. The number of benzene rings is 2. The van der Waals surface area contributed by atoms with E-state index >= 15 is 0 Å². The molecular formula is C45H57IrN2O3-. The van der Waals surface area contributed by atoms with E-state index in [0.717, 1.165) is 71.0 Å². The van der Waals surface area contributed by atoms with Crippen LogP contribution < -0.4 is 0 Å². The number of ketones is 1. The Morgan fingerprint density at radius 1 is 0.863 bits per heavy atom. The normalized spacial score (nSPS) is 12.5. The zero-order chi connectivity index (χ0) is 36.9. The molecule has 51 heavy (non-hydrogen) atoms. The van der Waals surface area contributed by atoms with E-state index in [0.29, 0.717) is 11.6 Å². The molecule has 3 aromatic heterocycles. The first kappa shape index (κ1) is 41.8. The van der Waals surface area contributed by atoms with E-state index in [4.69, 9.17) is 9.40 Å². The van der Waals surface area contributed by atoms with Gasteiger partial charge in [0.25, 0.3) is 0 Å². The molecular weight excluding hydrogens is 809 g/mol. The van der Waals surface area contributed by atoms with Crippen LogP contribution in [0.3, 0.4) is 0 Å². The van der Waals surface area contributed by atoms with Gasteiger partial charge in [0.2, 0.25) is 5.71 Å². The topological polar surface area (TPSA) is 76.2 Å². The standard InChI is InChI=1S/C30H29N2O.C15H28O2.Ir/c1-19(2)12-25-15-23-14-24(18-32-29(23)33-25)20-10-11-31-28(17-20)22-13-21-8-6-7-9-26(21)27(16-22)30(3,4)5;1-7-14(5,8-2)12(16)11-13(17)15(6,9-3)10-4;/h6-11,14-19H,12H2,1-5H3;11,16H,7-10H2,1-6H3;/q-1;;/b;12-11-;. The summed E-state index contributed by atoms with van der Waals surface area (Å²) in [6, 6.07) is 22.7. The molecule has 0 aliphatic rings. The minimum Gasteiger partial charge on any atom is -0.512 e. The number of aliphatic hydroxyl groups is 1. The van der Waals surface area contributed by atoms with Crippen molar-refractivity contribution in [2.75, 3.05) is 0 Å². The van der Waals surface area contributed by atoms with E-state index in [2.05, 4.69) is 94.2 Å². The van der Waals surface area contributed by atoms with Crippen LogP contribution in [-0.2, 0) is 36.7 Å². The maximum Gasteiger partial charge on any atom is 0.226 e. The summed E-state index contributed by atoms with van der Waals surface area (Å²) in [5, 5.41) is 13.5. The molecule has 5 nitrogen and oxygen atoms in total. The number of carbonyl (C=O) groups excluding carboxylic acids is 1. The Hall–Kier alpha value is -3.60. The van der Waals surface area contributed by atoms with Crippen molar-refractivity contribution in [1.29, 1.82) is 0 Å². The van der Waals surface area contributed by atoms with Gasteiger partial charge in [0.05, 0.1) is 0 Å². The molecule has 275 valence electrons. The molecule has 0 amide bonds. The number of rotatable bonds is 11. The van der Waals surface area contributed by atoms with E-state index < -0.39 is 0 Å². The van der Waals surface area contributed by atoms with Crippen LogP contribution in [0.1, 0.15) is 113 Å². The third-order valence-electron chi connectivity index (χ3n) is 10.6. The summed E-state index contributed by atoms with van der Waals surface area (Å²) in [6.45, 7) is 23.2. The van der Waals surface area contributed by atoms with Gasteiger partial charge in [-0.25, -0.2) is 4.98 Å². The van der Waals surface area contributed by atoms with Crippen molar-refractivity contribution in [2.45, 2.75) is 114 Å². The van der Waals surface area contributed by atoms with Crippen LogP contribution in [0.5, 0.6) is 0 Å². The van der Waals surface area contributed by atoms with Gasteiger partial charge >= 0.3 is 0 Å². The summed E-state index contributed by atoms with van der Waals surface area (Å²) in [7, 11) is 0. The van der Waals surface area contributed by atoms with Crippen LogP contribution in [0.2, 0.25) is 0 Å². The molecule has 0 aliphatic heterocycles. The van der Waals surface area contributed by atoms with Gasteiger partial charge in [0.15, 0.2) is 5.78 Å². The number of pyridine rings is 2. The predicted octanol–water partition coefficient (Wildman–Crippen LogP) is 12.7. The molecule has 0 spiro atoms. The summed E-state index contributed by atoms with van der Waals surface area (Å²) in [4.78, 5) is 21.5. The van der Waals surface area contributed by atoms with Gasteiger partial charge in [-0.05, 0) is 60.8 Å². The van der Waals surface area contributed by atoms with Crippen molar-refractivity contribution < 1.29 is 34.4 Å². The Morgan fingerprint density at radius 2 is 1.51 bits per heavy atom. The molecule has 2 aromatic carbocycles. The van der Waals surface area contributed by atoms with E-state index in [9.17, 15) is 9.90 Å². The maximum absolute atomic E-state index is 12.2. The van der Waals surface area contributed by atoms with Gasteiger partial charge in [-0.2, -0.15) is 0 Å². The summed E-state index contributed by atoms with van der Waals surface area (Å²) < 4.78 is 5.92. The zero-order valence-corrected chi connectivity index (χ0v) is 34.9. The molecule has 0 atom stereocenters. The molecule has 0 saturated carbocycles. The second kappa shape index (κ2) is 17.3. The minimum absolute atomic E-state index is 0. The number of nitrogens with zero attached hydrogens (tertiary/aromatic N) is 2. The molecule has 0 bridgehead atoms. The fourth-order valence-electron chi connectivity index (χ4n) is 6.08. The number of allylic oxidation sites excluding steroid dienone is 2. The van der Waals surface area contributed by atoms with E-state index in [1.54, 1.807) is 0 Å². The summed E-state index contributed by atoms with van der Waals surface area (Å²) in [6.07, 6.45) is 9.42. The van der Waals surface area contributed by atoms with Gasteiger partial charge in [-0.3, -0.25) is 9.78 Å². The maximum atomic E-state index is 12.2. The average molecular weight is 866 g/mol. The summed E-state index contributed by atoms with van der Waals surface area (Å²) in [5.41, 5.74) is 5.48. The molecule has 5 rings (SSSR count). The molecule has 1 radical (unpaired) electrons. The van der Waals surface area contributed by atoms with Crippen LogP contribution >= 0.6 is 0 Å². The van der Waals surface area contributed by atoms with Crippen molar-refractivity contribution in [3.8, 4) is 22.4 Å². The Kier molecular flexibility index (Phi) is 14.2. The molecule has 5 aromatic rings. The molecule has 0 fully saturated rings. The second-order valence-corrected chi connectivity index (χ2v) is 15.7. The largest absolute Gasteiger partial charge is 0.512 e. The Bertz CT molecular complexity index is 1960. The van der Waals surface area contributed by atoms with Gasteiger partial charge in [-0.15, -0.1) is 29.1 Å². The van der Waals surface area contributed by atoms with E-state index in [1.807, 2.05) is 60.0 Å². The van der Waals surface area contributed by atoms with Crippen molar-refractivity contribution >= 4 is 27.7 Å². The first-order valence-electron chi connectivity index (χ1n) is 18.3. The van der Waals surface area contributed by atoms with Gasteiger partial charge in [0.1, 0.15) is 11.5 Å². The molecule has 0 aliphatic carbocycles. The van der Waals surface area contributed by atoms with Crippen LogP contribution in [0.4, 0.5) is 0 Å². The van der Waals surface area contributed by atoms with Gasteiger partial charge in [0, 0.05) is 72.5 Å². The Morgan fingerprint density at radius 3 is 2.12 bits per heavy atom. The first-order valence-corrected chi connectivity index (χ1v) is 18.3. The van der Waals surface area contributed by atoms with Crippen LogP contribution in [0.15, 0.2) is 83.2 Å². The fraction of sp³-hybridized carbons (Fsp3) is 0.444. The zero-order valence-electron chi connectivity index (χ0n) is 32.5. The van der Waals surface area contributed by atoms with Crippen LogP contribution in [0, 0.1) is 22.8 Å². The van der Waals surface area contributed by atoms with E-state index in [1.165, 1.54) is 17.0 Å². The average Bonchev–Trinajstić information content (AvgIpc) is 3.51. The number of aliphatic hydroxyl groups excluding tert-OH is 1. The number of hydrogen-bond acceptors (Lipinski definition) is 5. The van der Waals surface area contributed by atoms with Crippen LogP contribution in [0.25, 0.3) is 44.3 Å². The molecule has 3 heterocycles. The number of carbonyl (C=O) groups is 1. The fourth-order valence-corrected chi connectivity index (χ4v) is 6.08. The smallest absolute Gasteiger partial charge is 0.226 e. The van der Waals surface area contributed by atoms with Gasteiger partial charge in [-0.1, -0.05) is 111 Å². The molecule has 1 N–H and O–H groups in total. The molecule has 6 heteroatoms. The quantitative estimate of drug-likeness (QED) is 0.0813.